The van der Waals surface area contributed by atoms with Gasteiger partial charge in [0.1, 0.15) is 0 Å². The van der Waals surface area contributed by atoms with Crippen molar-refractivity contribution in [2.75, 3.05) is 25.3 Å². The summed E-state index contributed by atoms with van der Waals surface area (Å²) < 4.78 is 9.04. The van der Waals surface area contributed by atoms with Crippen LogP contribution in [-0.4, -0.2) is 48.9 Å². The Bertz CT molecular complexity index is 707. The summed E-state index contributed by atoms with van der Waals surface area (Å²) in [6.45, 7) is 3.79. The van der Waals surface area contributed by atoms with Crippen LogP contribution in [0.3, 0.4) is 0 Å². The third kappa shape index (κ3) is 6.48. The highest BCUT2D eigenvalue weighted by atomic mass is 32.2. The van der Waals surface area contributed by atoms with E-state index in [1.807, 2.05) is 6.07 Å². The number of guanidine groups is 1. The summed E-state index contributed by atoms with van der Waals surface area (Å²) in [4.78, 5) is 40.9. The number of thioether (sulfide) groups is 1. The molecule has 0 aliphatic carbocycles. The molecule has 0 fully saturated rings. The van der Waals surface area contributed by atoms with Crippen molar-refractivity contribution in [3.8, 4) is 0 Å². The summed E-state index contributed by atoms with van der Waals surface area (Å²) >= 11 is 1.63. The Morgan fingerprint density at radius 1 is 1.19 bits per heavy atom. The van der Waals surface area contributed by atoms with E-state index < -0.39 is 18.1 Å². The number of carbonyl (C=O) groups is 3. The van der Waals surface area contributed by atoms with Gasteiger partial charge in [0.15, 0.2) is 0 Å². The second-order valence-corrected chi connectivity index (χ2v) is 6.34. The number of nitrogens with one attached hydrogen (secondary N) is 1. The van der Waals surface area contributed by atoms with E-state index in [9.17, 15) is 14.4 Å². The number of ether oxygens (including phenoxy) is 2. The van der Waals surface area contributed by atoms with Gasteiger partial charge in [-0.25, -0.2) is 14.6 Å². The first-order valence-corrected chi connectivity index (χ1v) is 9.23. The number of nitrogens with two attached hydrogens (primary N) is 1. The first-order chi connectivity index (χ1) is 12.9. The summed E-state index contributed by atoms with van der Waals surface area (Å²) in [5.41, 5.74) is 6.51. The van der Waals surface area contributed by atoms with E-state index in [4.69, 9.17) is 5.73 Å². The predicted octanol–water partition coefficient (Wildman–Crippen LogP) is 3.32. The van der Waals surface area contributed by atoms with Crippen molar-refractivity contribution in [3.05, 3.63) is 18.2 Å². The first kappa shape index (κ1) is 22.3. The van der Waals surface area contributed by atoms with Gasteiger partial charge in [-0.3, -0.25) is 4.79 Å². The largest absolute Gasteiger partial charge is 0.452 e. The van der Waals surface area contributed by atoms with Crippen LogP contribution >= 0.6 is 11.8 Å². The van der Waals surface area contributed by atoms with E-state index >= 15 is 0 Å². The molecule has 148 valence electrons. The lowest BCUT2D eigenvalue weighted by molar-refractivity contribution is -0.115. The molecule has 1 rings (SSSR count). The number of hydrogen-bond donors (Lipinski definition) is 2. The van der Waals surface area contributed by atoms with E-state index in [1.165, 1.54) is 0 Å². The first-order valence-electron chi connectivity index (χ1n) is 8.24. The Kier molecular flexibility index (Phi) is 9.14. The summed E-state index contributed by atoms with van der Waals surface area (Å²) in [7, 11) is 2.19. The van der Waals surface area contributed by atoms with Crippen LogP contribution in [0.1, 0.15) is 26.7 Å². The molecule has 0 saturated heterocycles. The van der Waals surface area contributed by atoms with Gasteiger partial charge < -0.3 is 20.5 Å². The monoisotopic (exact) mass is 396 g/mol. The summed E-state index contributed by atoms with van der Waals surface area (Å²) in [6, 6.07) is 5.22. The lowest BCUT2D eigenvalue weighted by atomic mass is 10.2. The molecule has 1 aromatic rings. The van der Waals surface area contributed by atoms with Crippen molar-refractivity contribution >= 4 is 47.2 Å². The van der Waals surface area contributed by atoms with Crippen LogP contribution in [0, 0.1) is 0 Å². The van der Waals surface area contributed by atoms with E-state index in [0.717, 1.165) is 31.3 Å². The van der Waals surface area contributed by atoms with Gasteiger partial charge in [0.05, 0.1) is 25.6 Å². The smallest absolute Gasteiger partial charge is 0.426 e. The van der Waals surface area contributed by atoms with Gasteiger partial charge >= 0.3 is 12.2 Å². The van der Waals surface area contributed by atoms with Crippen LogP contribution in [-0.2, 0) is 14.3 Å². The number of aliphatic imine (C=N–C) groups is 1. The number of imide groups is 1. The average Bonchev–Trinajstić information content (AvgIpc) is 2.67. The third-order valence-corrected chi connectivity index (χ3v) is 4.41. The van der Waals surface area contributed by atoms with E-state index in [0.29, 0.717) is 10.6 Å². The maximum atomic E-state index is 11.8. The Balaban J connectivity index is 3.31. The number of rotatable bonds is 6. The minimum absolute atomic E-state index is 0.208. The molecule has 1 aromatic carbocycles. The number of amides is 3. The molecule has 0 saturated carbocycles. The molecule has 3 amide bonds. The van der Waals surface area contributed by atoms with Crippen molar-refractivity contribution in [2.24, 2.45) is 10.7 Å². The molecule has 0 aromatic heterocycles. The van der Waals surface area contributed by atoms with Crippen LogP contribution < -0.4 is 11.1 Å². The average molecular weight is 396 g/mol. The molecule has 10 heteroatoms. The third-order valence-electron chi connectivity index (χ3n) is 3.21. The number of nitrogens with zero attached hydrogens (tertiary/aromatic N) is 2. The SMILES string of the molecule is CCCSc1ccc(N=C(N)N(C(=O)OC)C(=O)OC)c(NC(=O)CC)c1. The van der Waals surface area contributed by atoms with Gasteiger partial charge in [-0.1, -0.05) is 13.8 Å². The van der Waals surface area contributed by atoms with Crippen LogP contribution in [0.5, 0.6) is 0 Å². The minimum atomic E-state index is -1.04. The molecule has 0 aliphatic heterocycles. The Morgan fingerprint density at radius 2 is 1.81 bits per heavy atom. The maximum absolute atomic E-state index is 11.8. The van der Waals surface area contributed by atoms with Crippen LogP contribution in [0.4, 0.5) is 21.0 Å². The van der Waals surface area contributed by atoms with Crippen LogP contribution in [0.15, 0.2) is 28.1 Å². The summed E-state index contributed by atoms with van der Waals surface area (Å²) in [5.74, 6) is 0.264. The number of carbonyl (C=O) groups excluding carboxylic acids is 3. The number of benzene rings is 1. The Morgan fingerprint density at radius 3 is 2.33 bits per heavy atom. The molecule has 0 heterocycles. The zero-order chi connectivity index (χ0) is 20.4. The fraction of sp³-hybridized carbons (Fsp3) is 0.412. The number of anilines is 1. The summed E-state index contributed by atoms with van der Waals surface area (Å²) in [5, 5.41) is 2.74. The molecule has 3 N–H and O–H groups in total. The van der Waals surface area contributed by atoms with Gasteiger partial charge in [0.25, 0.3) is 0 Å². The predicted molar refractivity (Wildman–Crippen MR) is 104 cm³/mol. The molecular formula is C17H24N4O5S. The van der Waals surface area contributed by atoms with Gasteiger partial charge in [-0.2, -0.15) is 0 Å². The fourth-order valence-corrected chi connectivity index (χ4v) is 2.68. The van der Waals surface area contributed by atoms with E-state index in [-0.39, 0.29) is 18.0 Å². The molecule has 0 aliphatic rings. The minimum Gasteiger partial charge on any atom is -0.452 e. The fourth-order valence-electron chi connectivity index (χ4n) is 1.88. The van der Waals surface area contributed by atoms with E-state index in [1.54, 1.807) is 30.8 Å². The van der Waals surface area contributed by atoms with Crippen molar-refractivity contribution in [1.29, 1.82) is 0 Å². The van der Waals surface area contributed by atoms with Crippen LogP contribution in [0.25, 0.3) is 0 Å². The summed E-state index contributed by atoms with van der Waals surface area (Å²) in [6.07, 6.45) is -0.808. The molecule has 0 atom stereocenters. The lowest BCUT2D eigenvalue weighted by Gasteiger charge is -2.17. The zero-order valence-corrected chi connectivity index (χ0v) is 16.6. The Labute approximate surface area is 162 Å². The molecule has 27 heavy (non-hydrogen) atoms. The number of methoxy groups -OCH3 is 2. The van der Waals surface area contributed by atoms with Crippen molar-refractivity contribution in [2.45, 2.75) is 31.6 Å². The van der Waals surface area contributed by atoms with Crippen molar-refractivity contribution in [1.82, 2.24) is 4.90 Å². The van der Waals surface area contributed by atoms with Crippen molar-refractivity contribution in [3.63, 3.8) is 0 Å². The van der Waals surface area contributed by atoms with Crippen molar-refractivity contribution < 1.29 is 23.9 Å². The number of hydrogen-bond acceptors (Lipinski definition) is 7. The van der Waals surface area contributed by atoms with Gasteiger partial charge in [-0.15, -0.1) is 16.7 Å². The molecule has 0 radical (unpaired) electrons. The second-order valence-electron chi connectivity index (χ2n) is 5.17. The normalized spacial score (nSPS) is 10.9. The molecular weight excluding hydrogens is 372 g/mol. The maximum Gasteiger partial charge on any atom is 0.426 e. The zero-order valence-electron chi connectivity index (χ0n) is 15.8. The lowest BCUT2D eigenvalue weighted by Crippen LogP contribution is -2.45. The standard InChI is InChI=1S/C17H24N4O5S/c1-5-9-27-11-7-8-12(13(10-11)19-14(22)6-2)20-15(18)21(16(23)25-3)17(24)26-4/h7-8,10H,5-6,9H2,1-4H3,(H2,18,20)(H,19,22). The van der Waals surface area contributed by atoms with Gasteiger partial charge in [-0.05, 0) is 30.4 Å². The second kappa shape index (κ2) is 11.1. The highest BCUT2D eigenvalue weighted by Crippen LogP contribution is 2.31. The van der Waals surface area contributed by atoms with Gasteiger partial charge in [0, 0.05) is 11.3 Å². The highest BCUT2D eigenvalue weighted by molar-refractivity contribution is 7.99. The molecule has 0 spiro atoms. The van der Waals surface area contributed by atoms with E-state index in [2.05, 4.69) is 26.7 Å². The quantitative estimate of drug-likeness (QED) is 0.429. The topological polar surface area (TPSA) is 123 Å². The molecule has 9 nitrogen and oxygen atoms in total. The van der Waals surface area contributed by atoms with Gasteiger partial charge in [0.2, 0.25) is 11.9 Å². The molecule has 0 unspecified atom stereocenters. The van der Waals surface area contributed by atoms with Crippen LogP contribution in [0.2, 0.25) is 0 Å². The highest BCUT2D eigenvalue weighted by Gasteiger charge is 2.27. The Hall–Kier alpha value is -2.75. The molecule has 0 bridgehead atoms.